The highest BCUT2D eigenvalue weighted by Crippen LogP contribution is 2.21. The van der Waals surface area contributed by atoms with Crippen molar-refractivity contribution in [3.05, 3.63) is 29.8 Å². The van der Waals surface area contributed by atoms with Gasteiger partial charge in [0.05, 0.1) is 18.1 Å². The van der Waals surface area contributed by atoms with E-state index in [0.717, 1.165) is 6.42 Å². The maximum Gasteiger partial charge on any atom is 0.308 e. The van der Waals surface area contributed by atoms with Crippen molar-refractivity contribution in [3.63, 3.8) is 0 Å². The Morgan fingerprint density at radius 1 is 1.21 bits per heavy atom. The third-order valence-electron chi connectivity index (χ3n) is 3.60. The molecule has 1 aliphatic heterocycles. The van der Waals surface area contributed by atoms with Gasteiger partial charge in [-0.15, -0.1) is 0 Å². The van der Waals surface area contributed by atoms with Gasteiger partial charge in [0.15, 0.2) is 0 Å². The predicted octanol–water partition coefficient (Wildman–Crippen LogP) is 1.42. The zero-order valence-corrected chi connectivity index (χ0v) is 13.6. The van der Waals surface area contributed by atoms with Crippen molar-refractivity contribution in [1.29, 1.82) is 0 Å². The molecular formula is C17H19N3O4. The highest BCUT2D eigenvalue weighted by Gasteiger charge is 2.33. The molecule has 7 nitrogen and oxygen atoms in total. The van der Waals surface area contributed by atoms with Crippen LogP contribution in [-0.4, -0.2) is 29.1 Å². The summed E-state index contributed by atoms with van der Waals surface area (Å²) < 4.78 is 0. The van der Waals surface area contributed by atoms with Crippen molar-refractivity contribution >= 4 is 34.8 Å². The van der Waals surface area contributed by atoms with Gasteiger partial charge in [0.25, 0.3) is 0 Å². The summed E-state index contributed by atoms with van der Waals surface area (Å²) in [6.07, 6.45) is 1.12. The number of benzene rings is 1. The summed E-state index contributed by atoms with van der Waals surface area (Å²) in [5.41, 5.74) is 3.99. The first-order valence-corrected chi connectivity index (χ1v) is 7.73. The molecule has 0 aromatic heterocycles. The summed E-state index contributed by atoms with van der Waals surface area (Å²) in [5, 5.41) is 6.64. The molecule has 1 heterocycles. The van der Waals surface area contributed by atoms with Gasteiger partial charge in [-0.05, 0) is 31.0 Å². The normalized spacial score (nSPS) is 17.1. The molecular weight excluding hydrogens is 310 g/mol. The Balaban J connectivity index is 2.17. The number of hydrogen-bond acceptors (Lipinski definition) is 5. The van der Waals surface area contributed by atoms with Gasteiger partial charge in [0.2, 0.25) is 11.7 Å². The molecule has 1 aromatic carbocycles. The Kier molecular flexibility index (Phi) is 5.57. The van der Waals surface area contributed by atoms with Gasteiger partial charge in [0, 0.05) is 5.69 Å². The fraction of sp³-hybridized carbons (Fsp3) is 0.353. The molecule has 1 aromatic rings. The van der Waals surface area contributed by atoms with E-state index in [1.807, 2.05) is 6.92 Å². The van der Waals surface area contributed by atoms with E-state index in [9.17, 15) is 19.2 Å². The van der Waals surface area contributed by atoms with Crippen LogP contribution in [0.5, 0.6) is 0 Å². The van der Waals surface area contributed by atoms with Gasteiger partial charge in [-0.25, -0.2) is 5.43 Å². The van der Waals surface area contributed by atoms with Gasteiger partial charge < -0.3 is 5.32 Å². The Hall–Kier alpha value is -2.83. The van der Waals surface area contributed by atoms with Crippen LogP contribution in [0.15, 0.2) is 29.4 Å². The Morgan fingerprint density at radius 3 is 2.46 bits per heavy atom. The zero-order chi connectivity index (χ0) is 17.7. The van der Waals surface area contributed by atoms with E-state index < -0.39 is 17.6 Å². The molecule has 1 unspecified atom stereocenters. The lowest BCUT2D eigenvalue weighted by molar-refractivity contribution is -0.139. The molecule has 1 atom stereocenters. The number of amides is 2. The quantitative estimate of drug-likeness (QED) is 0.608. The first kappa shape index (κ1) is 17.5. The molecule has 0 fully saturated rings. The molecule has 0 bridgehead atoms. The lowest BCUT2D eigenvalue weighted by atomic mass is 9.88. The van der Waals surface area contributed by atoms with E-state index in [2.05, 4.69) is 15.8 Å². The highest BCUT2D eigenvalue weighted by atomic mass is 16.2. The molecule has 0 saturated carbocycles. The van der Waals surface area contributed by atoms with E-state index in [-0.39, 0.29) is 18.1 Å². The van der Waals surface area contributed by atoms with E-state index in [4.69, 9.17) is 0 Å². The number of ketones is 2. The third kappa shape index (κ3) is 4.13. The summed E-state index contributed by atoms with van der Waals surface area (Å²) >= 11 is 0. The highest BCUT2D eigenvalue weighted by molar-refractivity contribution is 6.43. The molecule has 1 aliphatic rings. The maximum atomic E-state index is 12.0. The molecule has 0 radical (unpaired) electrons. The standard InChI is InChI=1S/C17H19N3O4/c1-3-4-13-15(19-20-17(24)16(13)23)11-5-7-12(8-6-11)18-14(22)9-10(2)21/h5-8,13H,3-4,9H2,1-2H3,(H,18,22)(H,20,24). The fourth-order valence-electron chi connectivity index (χ4n) is 2.50. The lowest BCUT2D eigenvalue weighted by Gasteiger charge is -2.21. The number of nitrogens with one attached hydrogen (secondary N) is 2. The number of carbonyl (C=O) groups excluding carboxylic acids is 4. The van der Waals surface area contributed by atoms with Crippen molar-refractivity contribution in [1.82, 2.24) is 5.43 Å². The average molecular weight is 329 g/mol. The van der Waals surface area contributed by atoms with Crippen LogP contribution >= 0.6 is 0 Å². The first-order valence-electron chi connectivity index (χ1n) is 7.73. The van der Waals surface area contributed by atoms with Crippen molar-refractivity contribution in [3.8, 4) is 0 Å². The fourth-order valence-corrected chi connectivity index (χ4v) is 2.50. The van der Waals surface area contributed by atoms with Crippen LogP contribution in [-0.2, 0) is 19.2 Å². The number of nitrogens with zero attached hydrogens (tertiary/aromatic N) is 1. The van der Waals surface area contributed by atoms with Gasteiger partial charge >= 0.3 is 5.91 Å². The smallest absolute Gasteiger partial charge is 0.308 e. The molecule has 24 heavy (non-hydrogen) atoms. The SMILES string of the molecule is CCCC1C(=O)C(=O)NN=C1c1ccc(NC(=O)CC(C)=O)cc1. The van der Waals surface area contributed by atoms with Gasteiger partial charge in [-0.1, -0.05) is 25.5 Å². The summed E-state index contributed by atoms with van der Waals surface area (Å²) in [7, 11) is 0. The predicted molar refractivity (Wildman–Crippen MR) is 88.5 cm³/mol. The maximum absolute atomic E-state index is 12.0. The molecule has 0 aliphatic carbocycles. The molecule has 2 N–H and O–H groups in total. The van der Waals surface area contributed by atoms with Crippen LogP contribution < -0.4 is 10.7 Å². The van der Waals surface area contributed by atoms with Gasteiger partial charge in [-0.3, -0.25) is 19.2 Å². The first-order chi connectivity index (χ1) is 11.4. The van der Waals surface area contributed by atoms with Crippen LogP contribution in [0.1, 0.15) is 38.7 Å². The second kappa shape index (κ2) is 7.63. The van der Waals surface area contributed by atoms with Crippen LogP contribution in [0.3, 0.4) is 0 Å². The summed E-state index contributed by atoms with van der Waals surface area (Å²) in [6.45, 7) is 3.29. The minimum absolute atomic E-state index is 0.173. The molecule has 2 rings (SSSR count). The van der Waals surface area contributed by atoms with E-state index >= 15 is 0 Å². The third-order valence-corrected chi connectivity index (χ3v) is 3.60. The molecule has 7 heteroatoms. The van der Waals surface area contributed by atoms with Crippen LogP contribution in [0.4, 0.5) is 5.69 Å². The van der Waals surface area contributed by atoms with E-state index in [1.54, 1.807) is 24.3 Å². The minimum atomic E-state index is -0.690. The molecule has 126 valence electrons. The molecule has 0 spiro atoms. The van der Waals surface area contributed by atoms with Crippen LogP contribution in [0.25, 0.3) is 0 Å². The van der Waals surface area contributed by atoms with Crippen molar-refractivity contribution in [2.45, 2.75) is 33.1 Å². The zero-order valence-electron chi connectivity index (χ0n) is 13.6. The average Bonchev–Trinajstić information content (AvgIpc) is 2.52. The van der Waals surface area contributed by atoms with Crippen LogP contribution in [0.2, 0.25) is 0 Å². The van der Waals surface area contributed by atoms with Crippen molar-refractivity contribution in [2.24, 2.45) is 11.0 Å². The second-order valence-corrected chi connectivity index (χ2v) is 5.65. The van der Waals surface area contributed by atoms with Crippen LogP contribution in [0, 0.1) is 5.92 Å². The van der Waals surface area contributed by atoms with Crippen molar-refractivity contribution < 1.29 is 19.2 Å². The van der Waals surface area contributed by atoms with Crippen molar-refractivity contribution in [2.75, 3.05) is 5.32 Å². The summed E-state index contributed by atoms with van der Waals surface area (Å²) in [5.74, 6) is -2.32. The van der Waals surface area contributed by atoms with E-state index in [0.29, 0.717) is 23.4 Å². The van der Waals surface area contributed by atoms with Gasteiger partial charge in [-0.2, -0.15) is 5.10 Å². The summed E-state index contributed by atoms with van der Waals surface area (Å²) in [4.78, 5) is 46.0. The number of carbonyl (C=O) groups is 4. The Labute approximate surface area is 139 Å². The topological polar surface area (TPSA) is 105 Å². The molecule has 0 saturated heterocycles. The largest absolute Gasteiger partial charge is 0.326 e. The monoisotopic (exact) mass is 329 g/mol. The Bertz CT molecular complexity index is 707. The summed E-state index contributed by atoms with van der Waals surface area (Å²) in [6, 6.07) is 6.77. The molecule has 2 amide bonds. The number of hydrogen-bond donors (Lipinski definition) is 2. The van der Waals surface area contributed by atoms with Gasteiger partial charge in [0.1, 0.15) is 5.78 Å². The Morgan fingerprint density at radius 2 is 1.88 bits per heavy atom. The number of Topliss-reactive ketones (excluding diaryl/α,β-unsaturated/α-hetero) is 2. The number of hydrazone groups is 1. The number of rotatable bonds is 6. The minimum Gasteiger partial charge on any atom is -0.326 e. The number of anilines is 1. The second-order valence-electron chi connectivity index (χ2n) is 5.65. The van der Waals surface area contributed by atoms with E-state index in [1.165, 1.54) is 6.92 Å². The lowest BCUT2D eigenvalue weighted by Crippen LogP contribution is -2.42.